The molecule has 1 aliphatic heterocycles. The van der Waals surface area contributed by atoms with Crippen molar-refractivity contribution in [2.75, 3.05) is 47.9 Å². The van der Waals surface area contributed by atoms with Crippen molar-refractivity contribution >= 4 is 5.96 Å². The monoisotopic (exact) mass is 396 g/mol. The van der Waals surface area contributed by atoms with E-state index in [1.54, 1.807) is 14.2 Å². The molecule has 0 saturated carbocycles. The summed E-state index contributed by atoms with van der Waals surface area (Å²) < 4.78 is 11.1. The minimum Gasteiger partial charge on any atom is -0.496 e. The summed E-state index contributed by atoms with van der Waals surface area (Å²) in [5.74, 6) is 2.73. The van der Waals surface area contributed by atoms with E-state index in [0.29, 0.717) is 0 Å². The van der Waals surface area contributed by atoms with Gasteiger partial charge in [-0.1, -0.05) is 30.3 Å². The molecule has 0 bridgehead atoms. The Balaban J connectivity index is 1.53. The maximum Gasteiger partial charge on any atom is 0.191 e. The summed E-state index contributed by atoms with van der Waals surface area (Å²) in [5.41, 5.74) is 3.79. The number of ether oxygens (including phenoxy) is 2. The van der Waals surface area contributed by atoms with E-state index in [1.165, 1.54) is 11.1 Å². The smallest absolute Gasteiger partial charge is 0.191 e. The van der Waals surface area contributed by atoms with Gasteiger partial charge >= 0.3 is 0 Å². The van der Waals surface area contributed by atoms with E-state index >= 15 is 0 Å². The molecule has 1 aliphatic rings. The third kappa shape index (κ3) is 5.41. The summed E-state index contributed by atoms with van der Waals surface area (Å²) in [6, 6.07) is 14.8. The van der Waals surface area contributed by atoms with Crippen molar-refractivity contribution in [2.24, 2.45) is 4.99 Å². The Morgan fingerprint density at radius 2 is 2.03 bits per heavy atom. The van der Waals surface area contributed by atoms with Gasteiger partial charge in [-0.2, -0.15) is 0 Å². The average Bonchev–Trinajstić information content (AvgIpc) is 3.20. The summed E-state index contributed by atoms with van der Waals surface area (Å²) in [7, 11) is 7.67. The predicted octanol–water partition coefficient (Wildman–Crippen LogP) is 2.64. The van der Waals surface area contributed by atoms with E-state index in [2.05, 4.69) is 58.9 Å². The average molecular weight is 397 g/mol. The molecule has 3 rings (SSSR count). The summed E-state index contributed by atoms with van der Waals surface area (Å²) in [6.45, 7) is 2.34. The summed E-state index contributed by atoms with van der Waals surface area (Å²) in [6.07, 6.45) is 1.95. The topological polar surface area (TPSA) is 58.1 Å². The largest absolute Gasteiger partial charge is 0.496 e. The number of guanidine groups is 1. The lowest BCUT2D eigenvalue weighted by molar-refractivity contribution is 0.288. The highest BCUT2D eigenvalue weighted by atomic mass is 16.5. The number of hydrogen-bond donors (Lipinski definition) is 2. The van der Waals surface area contributed by atoms with Crippen LogP contribution < -0.4 is 20.1 Å². The van der Waals surface area contributed by atoms with Crippen LogP contribution in [0.5, 0.6) is 11.5 Å². The fraction of sp³-hybridized carbons (Fsp3) is 0.435. The lowest BCUT2D eigenvalue weighted by atomic mass is 10.0. The zero-order valence-electron chi connectivity index (χ0n) is 17.9. The highest BCUT2D eigenvalue weighted by molar-refractivity contribution is 5.79. The number of nitrogens with one attached hydrogen (secondary N) is 2. The second-order valence-electron chi connectivity index (χ2n) is 7.39. The molecule has 1 atom stereocenters. The van der Waals surface area contributed by atoms with Gasteiger partial charge in [0, 0.05) is 32.1 Å². The Morgan fingerprint density at radius 1 is 1.21 bits per heavy atom. The maximum absolute atomic E-state index is 5.58. The maximum atomic E-state index is 5.58. The molecule has 2 aromatic rings. The lowest BCUT2D eigenvalue weighted by Gasteiger charge is -2.27. The first-order valence-corrected chi connectivity index (χ1v) is 10.1. The van der Waals surface area contributed by atoms with Gasteiger partial charge in [0.15, 0.2) is 5.96 Å². The van der Waals surface area contributed by atoms with Crippen LogP contribution in [0.15, 0.2) is 47.5 Å². The van der Waals surface area contributed by atoms with Gasteiger partial charge in [-0.15, -0.1) is 0 Å². The summed E-state index contributed by atoms with van der Waals surface area (Å²) >= 11 is 0. The zero-order chi connectivity index (χ0) is 20.6. The predicted molar refractivity (Wildman–Crippen MR) is 118 cm³/mol. The molecule has 0 radical (unpaired) electrons. The van der Waals surface area contributed by atoms with Crippen molar-refractivity contribution < 1.29 is 9.47 Å². The van der Waals surface area contributed by atoms with Crippen LogP contribution in [0, 0.1) is 0 Å². The highest BCUT2D eigenvalue weighted by Crippen LogP contribution is 2.27. The van der Waals surface area contributed by atoms with Gasteiger partial charge in [0.2, 0.25) is 0 Å². The Kier molecular flexibility index (Phi) is 7.36. The van der Waals surface area contributed by atoms with Gasteiger partial charge in [0.05, 0.1) is 19.8 Å². The first-order chi connectivity index (χ1) is 14.1. The van der Waals surface area contributed by atoms with Crippen molar-refractivity contribution in [3.8, 4) is 11.5 Å². The fourth-order valence-corrected chi connectivity index (χ4v) is 3.65. The Labute approximate surface area is 173 Å². The summed E-state index contributed by atoms with van der Waals surface area (Å²) in [4.78, 5) is 6.55. The molecule has 0 spiro atoms. The number of likely N-dealkylation sites (N-methyl/N-ethyl adjacent to an activating group) is 1. The van der Waals surface area contributed by atoms with Crippen molar-refractivity contribution in [2.45, 2.75) is 18.9 Å². The van der Waals surface area contributed by atoms with Crippen LogP contribution in [0.1, 0.15) is 22.7 Å². The molecule has 6 nitrogen and oxygen atoms in total. The van der Waals surface area contributed by atoms with Crippen molar-refractivity contribution in [3.05, 3.63) is 59.2 Å². The molecule has 0 aromatic heterocycles. The van der Waals surface area contributed by atoms with Gasteiger partial charge in [-0.25, -0.2) is 0 Å². The van der Waals surface area contributed by atoms with E-state index in [4.69, 9.17) is 9.47 Å². The molecule has 2 aromatic carbocycles. The molecule has 2 N–H and O–H groups in total. The molecule has 0 aliphatic carbocycles. The van der Waals surface area contributed by atoms with Gasteiger partial charge in [-0.3, -0.25) is 4.99 Å². The molecule has 1 heterocycles. The molecular weight excluding hydrogens is 364 g/mol. The normalized spacial score (nSPS) is 14.3. The minimum absolute atomic E-state index is 0.168. The van der Waals surface area contributed by atoms with Gasteiger partial charge in [0.25, 0.3) is 0 Å². The number of para-hydroxylation sites is 1. The highest BCUT2D eigenvalue weighted by Gasteiger charge is 2.18. The van der Waals surface area contributed by atoms with Gasteiger partial charge in [-0.05, 0) is 43.8 Å². The van der Waals surface area contributed by atoms with Crippen molar-refractivity contribution in [3.63, 3.8) is 0 Å². The lowest BCUT2D eigenvalue weighted by Crippen LogP contribution is -2.42. The summed E-state index contributed by atoms with van der Waals surface area (Å²) in [5, 5.41) is 6.87. The number of aliphatic imine (C=N–C) groups is 1. The molecule has 6 heteroatoms. The molecule has 0 amide bonds. The second-order valence-corrected chi connectivity index (χ2v) is 7.39. The third-order valence-corrected chi connectivity index (χ3v) is 5.27. The van der Waals surface area contributed by atoms with E-state index in [1.807, 2.05) is 18.2 Å². The molecular formula is C23H32N4O2. The number of hydrogen-bond acceptors (Lipinski definition) is 4. The Hall–Kier alpha value is -2.73. The quantitative estimate of drug-likeness (QED) is 0.531. The van der Waals surface area contributed by atoms with E-state index in [9.17, 15) is 0 Å². The third-order valence-electron chi connectivity index (χ3n) is 5.27. The van der Waals surface area contributed by atoms with Crippen LogP contribution in [0.3, 0.4) is 0 Å². The van der Waals surface area contributed by atoms with Crippen molar-refractivity contribution in [1.29, 1.82) is 0 Å². The number of fused-ring (bicyclic) bond motifs is 1. The van der Waals surface area contributed by atoms with Crippen LogP contribution in [0.25, 0.3) is 0 Å². The number of methoxy groups -OCH3 is 1. The second kappa shape index (κ2) is 10.2. The zero-order valence-corrected chi connectivity index (χ0v) is 17.9. The van der Waals surface area contributed by atoms with Crippen LogP contribution in [0.2, 0.25) is 0 Å². The van der Waals surface area contributed by atoms with Crippen LogP contribution in [0.4, 0.5) is 0 Å². The van der Waals surface area contributed by atoms with E-state index in [0.717, 1.165) is 55.6 Å². The Morgan fingerprint density at radius 3 is 2.79 bits per heavy atom. The number of nitrogens with zero attached hydrogens (tertiary/aromatic N) is 2. The van der Waals surface area contributed by atoms with E-state index < -0.39 is 0 Å². The first kappa shape index (κ1) is 21.0. The molecule has 29 heavy (non-hydrogen) atoms. The molecule has 1 unspecified atom stereocenters. The first-order valence-electron chi connectivity index (χ1n) is 10.1. The molecule has 0 saturated heterocycles. The van der Waals surface area contributed by atoms with Crippen LogP contribution in [-0.4, -0.2) is 58.8 Å². The van der Waals surface area contributed by atoms with Crippen LogP contribution >= 0.6 is 0 Å². The SMILES string of the molecule is CN=C(NCCc1ccc2c(c1)CCO2)NCC(c1ccccc1OC)N(C)C. The Bertz CT molecular complexity index is 835. The van der Waals surface area contributed by atoms with Crippen LogP contribution in [-0.2, 0) is 12.8 Å². The minimum atomic E-state index is 0.168. The molecule has 0 fully saturated rings. The fourth-order valence-electron chi connectivity index (χ4n) is 3.65. The van der Waals surface area contributed by atoms with Crippen molar-refractivity contribution in [1.82, 2.24) is 15.5 Å². The van der Waals surface area contributed by atoms with E-state index in [-0.39, 0.29) is 6.04 Å². The van der Waals surface area contributed by atoms with Gasteiger partial charge < -0.3 is 25.0 Å². The van der Waals surface area contributed by atoms with Gasteiger partial charge in [0.1, 0.15) is 11.5 Å². The molecule has 156 valence electrons. The standard InChI is InChI=1S/C23H32N4O2/c1-24-23(25-13-11-17-9-10-21-18(15-17)12-14-29-21)26-16-20(27(2)3)19-7-5-6-8-22(19)28-4/h5-10,15,20H,11-14,16H2,1-4H3,(H2,24,25,26). The number of rotatable bonds is 8. The number of benzene rings is 2.